The van der Waals surface area contributed by atoms with Gasteiger partial charge in [-0.15, -0.1) is 0 Å². The number of alkyl carbamates (subject to hydrolysis) is 1. The van der Waals surface area contributed by atoms with Crippen molar-refractivity contribution in [1.29, 1.82) is 0 Å². The van der Waals surface area contributed by atoms with E-state index >= 15 is 0 Å². The van der Waals surface area contributed by atoms with Gasteiger partial charge in [-0.3, -0.25) is 4.79 Å². The molecule has 1 aliphatic carbocycles. The van der Waals surface area contributed by atoms with Gasteiger partial charge in [0.1, 0.15) is 11.9 Å². The summed E-state index contributed by atoms with van der Waals surface area (Å²) in [6, 6.07) is 1.94. The van der Waals surface area contributed by atoms with Crippen LogP contribution in [0, 0.1) is 5.92 Å². The Labute approximate surface area is 172 Å². The molecule has 160 valence electrons. The molecule has 2 amide bonds. The van der Waals surface area contributed by atoms with E-state index < -0.39 is 0 Å². The first kappa shape index (κ1) is 21.2. The van der Waals surface area contributed by atoms with Gasteiger partial charge in [0.05, 0.1) is 11.1 Å². The van der Waals surface area contributed by atoms with Crippen LogP contribution < -0.4 is 16.1 Å². The number of ether oxygens (including phenoxy) is 1. The number of amides is 2. The highest BCUT2D eigenvalue weighted by Gasteiger charge is 2.44. The number of hydrogen-bond donors (Lipinski definition) is 4. The van der Waals surface area contributed by atoms with Crippen molar-refractivity contribution in [2.24, 2.45) is 11.0 Å². The smallest absolute Gasteiger partial charge is 0.407 e. The molecule has 8 heteroatoms. The van der Waals surface area contributed by atoms with E-state index in [0.717, 1.165) is 25.0 Å². The largest absolute Gasteiger partial charge is 0.446 e. The minimum atomic E-state index is -0.355. The zero-order valence-electron chi connectivity index (χ0n) is 18.0. The van der Waals surface area contributed by atoms with Gasteiger partial charge >= 0.3 is 6.09 Å². The minimum absolute atomic E-state index is 0.0601. The number of rotatable bonds is 5. The third-order valence-electron chi connectivity index (χ3n) is 5.79. The molecule has 0 saturated heterocycles. The molecule has 1 saturated carbocycles. The van der Waals surface area contributed by atoms with Gasteiger partial charge in [-0.25, -0.2) is 4.79 Å². The summed E-state index contributed by atoms with van der Waals surface area (Å²) < 4.78 is 5.54. The number of aromatic nitrogens is 1. The van der Waals surface area contributed by atoms with Gasteiger partial charge in [-0.1, -0.05) is 13.8 Å². The summed E-state index contributed by atoms with van der Waals surface area (Å²) in [5.74, 6) is 1.14. The molecule has 0 bridgehead atoms. The number of hydrogen-bond acceptors (Lipinski definition) is 5. The molecule has 0 radical (unpaired) electrons. The Balaban J connectivity index is 1.51. The highest BCUT2D eigenvalue weighted by Crippen LogP contribution is 2.39. The van der Waals surface area contributed by atoms with Crippen LogP contribution in [0.3, 0.4) is 0 Å². The van der Waals surface area contributed by atoms with Crippen LogP contribution in [0.15, 0.2) is 17.4 Å². The molecule has 0 spiro atoms. The van der Waals surface area contributed by atoms with E-state index in [1.165, 1.54) is 0 Å². The van der Waals surface area contributed by atoms with E-state index in [1.54, 1.807) is 6.20 Å². The van der Waals surface area contributed by atoms with Crippen LogP contribution in [0.5, 0.6) is 0 Å². The second kappa shape index (κ2) is 8.47. The maximum atomic E-state index is 12.5. The molecule has 0 aromatic carbocycles. The maximum absolute atomic E-state index is 12.5. The first-order valence-corrected chi connectivity index (χ1v) is 10.5. The Bertz CT molecular complexity index is 785. The van der Waals surface area contributed by atoms with Crippen LogP contribution in [-0.4, -0.2) is 40.5 Å². The summed E-state index contributed by atoms with van der Waals surface area (Å²) >= 11 is 0. The lowest BCUT2D eigenvalue weighted by atomic mass is 9.82. The first-order chi connectivity index (χ1) is 13.7. The summed E-state index contributed by atoms with van der Waals surface area (Å²) in [4.78, 5) is 27.5. The summed E-state index contributed by atoms with van der Waals surface area (Å²) in [5, 5.41) is 10.1. The summed E-state index contributed by atoms with van der Waals surface area (Å²) in [7, 11) is 0. The highest BCUT2D eigenvalue weighted by atomic mass is 16.6. The fraction of sp³-hybridized carbons (Fsp3) is 0.667. The lowest BCUT2D eigenvalue weighted by Gasteiger charge is -2.30. The van der Waals surface area contributed by atoms with Crippen LogP contribution in [0.25, 0.3) is 0 Å². The van der Waals surface area contributed by atoms with Crippen LogP contribution in [0.4, 0.5) is 4.79 Å². The van der Waals surface area contributed by atoms with Gasteiger partial charge in [0.25, 0.3) is 5.91 Å². The number of aromatic amines is 1. The Kier molecular flexibility index (Phi) is 6.19. The summed E-state index contributed by atoms with van der Waals surface area (Å²) in [5.41, 5.74) is 4.61. The third kappa shape index (κ3) is 5.10. The average Bonchev–Trinajstić information content (AvgIpc) is 3.34. The molecule has 3 atom stereocenters. The van der Waals surface area contributed by atoms with Gasteiger partial charge in [0.2, 0.25) is 0 Å². The second-order valence-corrected chi connectivity index (χ2v) is 9.05. The topological polar surface area (TPSA) is 108 Å². The number of carbonyl (C=O) groups excluding carboxylic acids is 2. The Hall–Kier alpha value is -2.51. The molecule has 2 heterocycles. The standard InChI is InChI=1S/C21H33N5O3/c1-12(2)17-8-14(11-22-17)19(27)24-18-10-21(5,26-25-18)15-6-7-16(9-15)29-20(28)23-13(3)4/h8,11-13,15-16,22,26H,6-7,9-10H2,1-5H3,(H,23,28)(H,24,25,27)/t15-,16+,21-/m0/s1. The van der Waals surface area contributed by atoms with Crippen LogP contribution in [-0.2, 0) is 4.74 Å². The summed E-state index contributed by atoms with van der Waals surface area (Å²) in [6.45, 7) is 10.1. The fourth-order valence-corrected chi connectivity index (χ4v) is 4.06. The van der Waals surface area contributed by atoms with Crippen LogP contribution in [0.2, 0.25) is 0 Å². The average molecular weight is 404 g/mol. The van der Waals surface area contributed by atoms with Crippen molar-refractivity contribution >= 4 is 17.8 Å². The van der Waals surface area contributed by atoms with E-state index in [-0.39, 0.29) is 29.7 Å². The second-order valence-electron chi connectivity index (χ2n) is 9.05. The van der Waals surface area contributed by atoms with E-state index in [0.29, 0.717) is 29.7 Å². The van der Waals surface area contributed by atoms with Crippen molar-refractivity contribution in [2.45, 2.75) is 83.9 Å². The van der Waals surface area contributed by atoms with E-state index in [4.69, 9.17) is 4.74 Å². The first-order valence-electron chi connectivity index (χ1n) is 10.5. The maximum Gasteiger partial charge on any atom is 0.407 e. The molecule has 1 aliphatic heterocycles. The molecule has 0 unspecified atom stereocenters. The van der Waals surface area contributed by atoms with Crippen molar-refractivity contribution in [2.75, 3.05) is 0 Å². The molecule has 1 fully saturated rings. The molecular weight excluding hydrogens is 370 g/mol. The van der Waals surface area contributed by atoms with E-state index in [9.17, 15) is 9.59 Å². The van der Waals surface area contributed by atoms with Crippen molar-refractivity contribution in [1.82, 2.24) is 21.0 Å². The van der Waals surface area contributed by atoms with Crippen molar-refractivity contribution in [3.8, 4) is 0 Å². The summed E-state index contributed by atoms with van der Waals surface area (Å²) in [6.07, 6.45) is 4.52. The molecule has 2 aliphatic rings. The number of hydrazone groups is 1. The van der Waals surface area contributed by atoms with Gasteiger partial charge in [-0.05, 0) is 57.9 Å². The van der Waals surface area contributed by atoms with Crippen molar-refractivity contribution in [3.63, 3.8) is 0 Å². The zero-order valence-corrected chi connectivity index (χ0v) is 18.0. The Morgan fingerprint density at radius 2 is 2.03 bits per heavy atom. The third-order valence-corrected chi connectivity index (χ3v) is 5.79. The van der Waals surface area contributed by atoms with Gasteiger partial charge in [0, 0.05) is 24.4 Å². The lowest BCUT2D eigenvalue weighted by Crippen LogP contribution is -2.44. The number of nitrogens with one attached hydrogen (secondary N) is 4. The predicted molar refractivity (Wildman–Crippen MR) is 112 cm³/mol. The molecular formula is C21H33N5O3. The predicted octanol–water partition coefficient (Wildman–Crippen LogP) is 3.24. The van der Waals surface area contributed by atoms with Gasteiger partial charge in [0.15, 0.2) is 0 Å². The molecule has 8 nitrogen and oxygen atoms in total. The minimum Gasteiger partial charge on any atom is -0.446 e. The van der Waals surface area contributed by atoms with Crippen molar-refractivity contribution < 1.29 is 14.3 Å². The molecule has 4 N–H and O–H groups in total. The molecule has 1 aromatic heterocycles. The zero-order chi connectivity index (χ0) is 21.2. The van der Waals surface area contributed by atoms with Crippen molar-refractivity contribution in [3.05, 3.63) is 23.5 Å². The molecule has 3 rings (SSSR count). The number of nitrogens with zero attached hydrogens (tertiary/aromatic N) is 1. The number of amidine groups is 1. The SMILES string of the molecule is CC(C)NC(=O)O[C@@H]1CC[C@H]([C@]2(C)CC(NC(=O)c3c[nH]c(C(C)C)c3)=NN2)C1. The van der Waals surface area contributed by atoms with Gasteiger partial charge < -0.3 is 25.8 Å². The van der Waals surface area contributed by atoms with E-state index in [2.05, 4.69) is 46.9 Å². The van der Waals surface area contributed by atoms with Crippen LogP contribution in [0.1, 0.15) is 82.3 Å². The monoisotopic (exact) mass is 403 g/mol. The number of H-pyrrole nitrogens is 1. The van der Waals surface area contributed by atoms with Crippen LogP contribution >= 0.6 is 0 Å². The number of carbonyl (C=O) groups is 2. The van der Waals surface area contributed by atoms with Gasteiger partial charge in [-0.2, -0.15) is 5.10 Å². The molecule has 1 aromatic rings. The van der Waals surface area contributed by atoms with E-state index in [1.807, 2.05) is 19.9 Å². The molecule has 29 heavy (non-hydrogen) atoms. The Morgan fingerprint density at radius 1 is 1.28 bits per heavy atom. The highest BCUT2D eigenvalue weighted by molar-refractivity contribution is 6.07. The fourth-order valence-electron chi connectivity index (χ4n) is 4.06. The Morgan fingerprint density at radius 3 is 2.69 bits per heavy atom. The normalized spacial score (nSPS) is 26.4. The quantitative estimate of drug-likeness (QED) is 0.605. The lowest BCUT2D eigenvalue weighted by molar-refractivity contribution is 0.0925.